The molecule has 0 aliphatic carbocycles. The molecule has 0 aliphatic heterocycles. The molecule has 0 saturated heterocycles. The number of aryl methyl sites for hydroxylation is 1. The summed E-state index contributed by atoms with van der Waals surface area (Å²) in [5.41, 5.74) is 2.31. The Kier molecular flexibility index (Phi) is 4.90. The van der Waals surface area contributed by atoms with Gasteiger partial charge < -0.3 is 14.7 Å². The lowest BCUT2D eigenvalue weighted by Gasteiger charge is -2.09. The van der Waals surface area contributed by atoms with Crippen LogP contribution in [0, 0.1) is 6.92 Å². The zero-order valence-corrected chi connectivity index (χ0v) is 14.4. The van der Waals surface area contributed by atoms with Crippen LogP contribution in [0.25, 0.3) is 5.69 Å². The smallest absolute Gasteiger partial charge is 0.253 e. The van der Waals surface area contributed by atoms with Gasteiger partial charge in [0.05, 0.1) is 24.0 Å². The maximum absolute atomic E-state index is 12.6. The number of nitrogens with one attached hydrogen (secondary N) is 1. The predicted octanol–water partition coefficient (Wildman–Crippen LogP) is 1.56. The van der Waals surface area contributed by atoms with Crippen molar-refractivity contribution in [1.82, 2.24) is 30.1 Å². The first-order valence-corrected chi connectivity index (χ1v) is 7.88. The average molecular weight is 340 g/mol. The number of nitrogens with zero attached hydrogens (tertiary/aromatic N) is 5. The first-order valence-electron chi connectivity index (χ1n) is 7.88. The van der Waals surface area contributed by atoms with Crippen molar-refractivity contribution in [3.8, 4) is 5.69 Å². The summed E-state index contributed by atoms with van der Waals surface area (Å²) in [4.78, 5) is 18.7. The van der Waals surface area contributed by atoms with E-state index in [0.717, 1.165) is 12.1 Å². The Bertz CT molecular complexity index is 867. The van der Waals surface area contributed by atoms with Crippen LogP contribution in [0.2, 0.25) is 0 Å². The monoisotopic (exact) mass is 340 g/mol. The molecule has 2 heterocycles. The summed E-state index contributed by atoms with van der Waals surface area (Å²) < 4.78 is 6.72. The topological polar surface area (TPSA) is 89.1 Å². The standard InChI is InChI=1S/C17H20N6O2/c1-12-20-16(25-21-12)9-18-17(24)14-6-4-5-7-15(14)23-11-13(8-19-23)10-22(2)3/h4-8,11H,9-10H2,1-3H3,(H,18,24). The van der Waals surface area contributed by atoms with Gasteiger partial charge in [0.25, 0.3) is 5.91 Å². The minimum Gasteiger partial charge on any atom is -0.343 e. The van der Waals surface area contributed by atoms with Gasteiger partial charge in [0.1, 0.15) is 0 Å². The van der Waals surface area contributed by atoms with Crippen LogP contribution in [0.1, 0.15) is 27.6 Å². The minimum absolute atomic E-state index is 0.180. The highest BCUT2D eigenvalue weighted by Crippen LogP contribution is 2.15. The third-order valence-corrected chi connectivity index (χ3v) is 3.50. The molecule has 1 amide bonds. The van der Waals surface area contributed by atoms with Gasteiger partial charge >= 0.3 is 0 Å². The Balaban J connectivity index is 1.78. The van der Waals surface area contributed by atoms with Gasteiger partial charge in [0, 0.05) is 18.3 Å². The second-order valence-electron chi connectivity index (χ2n) is 5.97. The van der Waals surface area contributed by atoms with E-state index in [9.17, 15) is 4.79 Å². The van der Waals surface area contributed by atoms with Crippen LogP contribution in [-0.2, 0) is 13.1 Å². The van der Waals surface area contributed by atoms with Gasteiger partial charge in [0.2, 0.25) is 5.89 Å². The van der Waals surface area contributed by atoms with Crippen LogP contribution < -0.4 is 5.32 Å². The molecule has 0 radical (unpaired) electrons. The van der Waals surface area contributed by atoms with E-state index in [0.29, 0.717) is 23.0 Å². The first kappa shape index (κ1) is 16.8. The number of aromatic nitrogens is 4. The molecule has 130 valence electrons. The normalized spacial score (nSPS) is 11.0. The summed E-state index contributed by atoms with van der Waals surface area (Å²) in [5, 5.41) is 10.9. The van der Waals surface area contributed by atoms with Gasteiger partial charge in [-0.3, -0.25) is 4.79 Å². The van der Waals surface area contributed by atoms with Crippen molar-refractivity contribution in [2.24, 2.45) is 0 Å². The Hall–Kier alpha value is -3.00. The van der Waals surface area contributed by atoms with Crippen molar-refractivity contribution in [3.05, 3.63) is 59.5 Å². The van der Waals surface area contributed by atoms with Crippen LogP contribution in [0.4, 0.5) is 0 Å². The van der Waals surface area contributed by atoms with Crippen molar-refractivity contribution in [3.63, 3.8) is 0 Å². The van der Waals surface area contributed by atoms with E-state index in [1.165, 1.54) is 0 Å². The van der Waals surface area contributed by atoms with Crippen LogP contribution >= 0.6 is 0 Å². The SMILES string of the molecule is Cc1noc(CNC(=O)c2ccccc2-n2cc(CN(C)C)cn2)n1. The molecule has 0 aliphatic rings. The van der Waals surface area contributed by atoms with Gasteiger partial charge in [-0.15, -0.1) is 0 Å². The van der Waals surface area contributed by atoms with Crippen molar-refractivity contribution < 1.29 is 9.32 Å². The molecule has 3 rings (SSSR count). The maximum atomic E-state index is 12.6. The lowest BCUT2D eigenvalue weighted by molar-refractivity contribution is 0.0946. The van der Waals surface area contributed by atoms with E-state index in [2.05, 4.69) is 25.5 Å². The summed E-state index contributed by atoms with van der Waals surface area (Å²) in [6.45, 7) is 2.69. The van der Waals surface area contributed by atoms with Gasteiger partial charge in [-0.2, -0.15) is 10.1 Å². The highest BCUT2D eigenvalue weighted by molar-refractivity contribution is 5.97. The first-order chi connectivity index (χ1) is 12.0. The van der Waals surface area contributed by atoms with Gasteiger partial charge in [-0.25, -0.2) is 4.68 Å². The Morgan fingerprint density at radius 1 is 1.32 bits per heavy atom. The second-order valence-corrected chi connectivity index (χ2v) is 5.97. The number of hydrogen-bond acceptors (Lipinski definition) is 6. The fraction of sp³-hybridized carbons (Fsp3) is 0.294. The summed E-state index contributed by atoms with van der Waals surface area (Å²) >= 11 is 0. The molecule has 3 aromatic rings. The van der Waals surface area contributed by atoms with E-state index in [-0.39, 0.29) is 12.5 Å². The number of carbonyl (C=O) groups excluding carboxylic acids is 1. The van der Waals surface area contributed by atoms with E-state index in [4.69, 9.17) is 4.52 Å². The largest absolute Gasteiger partial charge is 0.343 e. The number of para-hydroxylation sites is 1. The molecule has 8 nitrogen and oxygen atoms in total. The maximum Gasteiger partial charge on any atom is 0.253 e. The summed E-state index contributed by atoms with van der Waals surface area (Å²) in [7, 11) is 4.00. The third kappa shape index (κ3) is 4.10. The number of carbonyl (C=O) groups is 1. The molecule has 8 heteroatoms. The summed E-state index contributed by atoms with van der Waals surface area (Å²) in [6.07, 6.45) is 3.73. The Labute approximate surface area is 145 Å². The van der Waals surface area contributed by atoms with Gasteiger partial charge in [0.15, 0.2) is 5.82 Å². The van der Waals surface area contributed by atoms with E-state index in [1.807, 2.05) is 38.5 Å². The average Bonchev–Trinajstić information content (AvgIpc) is 3.21. The molecule has 0 fully saturated rings. The molecule has 0 saturated carbocycles. The molecule has 0 spiro atoms. The van der Waals surface area contributed by atoms with Crippen molar-refractivity contribution in [2.45, 2.75) is 20.0 Å². The number of hydrogen-bond donors (Lipinski definition) is 1. The number of rotatable bonds is 6. The molecule has 25 heavy (non-hydrogen) atoms. The molecule has 0 atom stereocenters. The minimum atomic E-state index is -0.226. The van der Waals surface area contributed by atoms with Crippen LogP contribution in [0.3, 0.4) is 0 Å². The fourth-order valence-electron chi connectivity index (χ4n) is 2.47. The number of amides is 1. The summed E-state index contributed by atoms with van der Waals surface area (Å²) in [6, 6.07) is 7.31. The van der Waals surface area contributed by atoms with Crippen molar-refractivity contribution in [2.75, 3.05) is 14.1 Å². The van der Waals surface area contributed by atoms with E-state index < -0.39 is 0 Å². The summed E-state index contributed by atoms with van der Waals surface area (Å²) in [5.74, 6) is 0.682. The van der Waals surface area contributed by atoms with Crippen LogP contribution in [0.5, 0.6) is 0 Å². The predicted molar refractivity (Wildman–Crippen MR) is 91.2 cm³/mol. The van der Waals surface area contributed by atoms with E-state index >= 15 is 0 Å². The van der Waals surface area contributed by atoms with Gasteiger partial charge in [-0.1, -0.05) is 17.3 Å². The number of benzene rings is 1. The lowest BCUT2D eigenvalue weighted by atomic mass is 10.1. The molecular formula is C17H20N6O2. The Morgan fingerprint density at radius 2 is 2.12 bits per heavy atom. The fourth-order valence-corrected chi connectivity index (χ4v) is 2.47. The second kappa shape index (κ2) is 7.27. The van der Waals surface area contributed by atoms with Crippen LogP contribution in [0.15, 0.2) is 41.2 Å². The molecule has 0 bridgehead atoms. The molecule has 0 unspecified atom stereocenters. The molecule has 1 aromatic carbocycles. The van der Waals surface area contributed by atoms with Crippen molar-refractivity contribution >= 4 is 5.91 Å². The third-order valence-electron chi connectivity index (χ3n) is 3.50. The zero-order chi connectivity index (χ0) is 17.8. The quantitative estimate of drug-likeness (QED) is 0.732. The van der Waals surface area contributed by atoms with Crippen LogP contribution in [-0.4, -0.2) is 44.8 Å². The van der Waals surface area contributed by atoms with Crippen molar-refractivity contribution in [1.29, 1.82) is 0 Å². The zero-order valence-electron chi connectivity index (χ0n) is 14.4. The molecule has 1 N–H and O–H groups in total. The van der Waals surface area contributed by atoms with E-state index in [1.54, 1.807) is 23.9 Å². The highest BCUT2D eigenvalue weighted by Gasteiger charge is 2.14. The molecular weight excluding hydrogens is 320 g/mol. The lowest BCUT2D eigenvalue weighted by Crippen LogP contribution is -2.24. The van der Waals surface area contributed by atoms with Gasteiger partial charge in [-0.05, 0) is 33.2 Å². The Morgan fingerprint density at radius 3 is 2.84 bits per heavy atom. The highest BCUT2D eigenvalue weighted by atomic mass is 16.5. The molecule has 2 aromatic heterocycles.